The van der Waals surface area contributed by atoms with Crippen molar-refractivity contribution < 1.29 is 9.47 Å². The van der Waals surface area contributed by atoms with E-state index < -0.39 is 5.79 Å². The SMILES string of the molecule is CC1(C)CCOC(OCc2ccc(/C=C/I)cc2)(C(C)(C)C)C1. The van der Waals surface area contributed by atoms with E-state index >= 15 is 0 Å². The Morgan fingerprint density at radius 2 is 1.87 bits per heavy atom. The molecule has 1 aliphatic rings. The van der Waals surface area contributed by atoms with Crippen molar-refractivity contribution in [1.29, 1.82) is 0 Å². The normalized spacial score (nSPS) is 25.0. The van der Waals surface area contributed by atoms with Crippen molar-refractivity contribution in [2.24, 2.45) is 10.8 Å². The van der Waals surface area contributed by atoms with E-state index in [9.17, 15) is 0 Å². The molecule has 1 atom stereocenters. The van der Waals surface area contributed by atoms with Gasteiger partial charge in [0.2, 0.25) is 0 Å². The molecule has 0 spiro atoms. The molecule has 0 N–H and O–H groups in total. The summed E-state index contributed by atoms with van der Waals surface area (Å²) < 4.78 is 14.7. The van der Waals surface area contributed by atoms with E-state index in [-0.39, 0.29) is 10.8 Å². The maximum atomic E-state index is 6.41. The van der Waals surface area contributed by atoms with Gasteiger partial charge >= 0.3 is 0 Å². The van der Waals surface area contributed by atoms with Crippen LogP contribution in [0.25, 0.3) is 6.08 Å². The first-order chi connectivity index (χ1) is 10.7. The number of ether oxygens (including phenoxy) is 2. The Hall–Kier alpha value is -0.390. The fourth-order valence-corrected chi connectivity index (χ4v) is 3.47. The first-order valence-corrected chi connectivity index (χ1v) is 9.56. The summed E-state index contributed by atoms with van der Waals surface area (Å²) >= 11 is 2.24. The third-order valence-electron chi connectivity index (χ3n) is 4.68. The summed E-state index contributed by atoms with van der Waals surface area (Å²) in [6.07, 6.45) is 4.11. The van der Waals surface area contributed by atoms with Crippen LogP contribution in [0.4, 0.5) is 0 Å². The van der Waals surface area contributed by atoms with Crippen LogP contribution < -0.4 is 0 Å². The first kappa shape index (κ1) is 18.9. The zero-order valence-corrected chi connectivity index (χ0v) is 17.1. The summed E-state index contributed by atoms with van der Waals surface area (Å²) in [6.45, 7) is 12.6. The largest absolute Gasteiger partial charge is 0.349 e. The molecular formula is C20H29IO2. The molecule has 0 aromatic heterocycles. The van der Waals surface area contributed by atoms with Gasteiger partial charge < -0.3 is 9.47 Å². The fourth-order valence-electron chi connectivity index (χ4n) is 3.05. The summed E-state index contributed by atoms with van der Waals surface area (Å²) in [6, 6.07) is 8.53. The number of halogens is 1. The lowest BCUT2D eigenvalue weighted by atomic mass is 9.71. The van der Waals surface area contributed by atoms with E-state index in [1.54, 1.807) is 0 Å². The first-order valence-electron chi connectivity index (χ1n) is 8.31. The van der Waals surface area contributed by atoms with Gasteiger partial charge in [0, 0.05) is 11.8 Å². The molecule has 0 bridgehead atoms. The van der Waals surface area contributed by atoms with Crippen molar-refractivity contribution in [3.05, 3.63) is 39.5 Å². The molecule has 0 aliphatic carbocycles. The monoisotopic (exact) mass is 428 g/mol. The maximum absolute atomic E-state index is 6.41. The second kappa shape index (κ2) is 7.24. The Balaban J connectivity index is 2.13. The van der Waals surface area contributed by atoms with Gasteiger partial charge in [0.15, 0.2) is 5.79 Å². The Bertz CT molecular complexity index is 540. The molecule has 0 saturated carbocycles. The molecule has 1 saturated heterocycles. The molecule has 1 aliphatic heterocycles. The van der Waals surface area contributed by atoms with Crippen LogP contribution >= 0.6 is 22.6 Å². The molecule has 1 aromatic carbocycles. The lowest BCUT2D eigenvalue weighted by Crippen LogP contribution is -2.53. The number of rotatable bonds is 4. The molecule has 0 radical (unpaired) electrons. The van der Waals surface area contributed by atoms with E-state index in [0.717, 1.165) is 19.4 Å². The number of benzene rings is 1. The highest BCUT2D eigenvalue weighted by atomic mass is 127. The van der Waals surface area contributed by atoms with Gasteiger partial charge in [-0.05, 0) is 33.1 Å². The van der Waals surface area contributed by atoms with E-state index in [1.807, 2.05) is 4.08 Å². The molecular weight excluding hydrogens is 399 g/mol. The average molecular weight is 428 g/mol. The van der Waals surface area contributed by atoms with Crippen LogP contribution in [0.1, 0.15) is 58.6 Å². The van der Waals surface area contributed by atoms with Gasteiger partial charge in [0.25, 0.3) is 0 Å². The van der Waals surface area contributed by atoms with Crippen molar-refractivity contribution in [3.63, 3.8) is 0 Å². The Kier molecular flexibility index (Phi) is 5.96. The summed E-state index contributed by atoms with van der Waals surface area (Å²) in [5.74, 6) is -0.518. The quantitative estimate of drug-likeness (QED) is 0.533. The van der Waals surface area contributed by atoms with Crippen LogP contribution in [-0.4, -0.2) is 12.4 Å². The van der Waals surface area contributed by atoms with Gasteiger partial charge in [0.05, 0.1) is 13.2 Å². The zero-order chi connectivity index (χ0) is 17.1. The minimum atomic E-state index is -0.518. The van der Waals surface area contributed by atoms with Crippen LogP contribution in [0.3, 0.4) is 0 Å². The van der Waals surface area contributed by atoms with Gasteiger partial charge in [-0.3, -0.25) is 0 Å². The van der Waals surface area contributed by atoms with E-state index in [0.29, 0.717) is 6.61 Å². The van der Waals surface area contributed by atoms with E-state index in [4.69, 9.17) is 9.47 Å². The molecule has 1 fully saturated rings. The second-order valence-electron chi connectivity index (χ2n) is 8.27. The summed E-state index contributed by atoms with van der Waals surface area (Å²) in [7, 11) is 0. The lowest BCUT2D eigenvalue weighted by molar-refractivity contribution is -0.326. The van der Waals surface area contributed by atoms with Crippen molar-refractivity contribution in [1.82, 2.24) is 0 Å². The standard InChI is InChI=1S/C20H29IO2/c1-18(2,3)20(15-19(4,5)11-13-22-20)23-14-17-8-6-16(7-9-17)10-12-21/h6-10,12H,11,13-15H2,1-5H3/b12-10+. The third kappa shape index (κ3) is 4.80. The molecule has 0 amide bonds. The molecule has 23 heavy (non-hydrogen) atoms. The average Bonchev–Trinajstić information content (AvgIpc) is 2.45. The van der Waals surface area contributed by atoms with Gasteiger partial charge in [0.1, 0.15) is 0 Å². The highest BCUT2D eigenvalue weighted by Gasteiger charge is 2.50. The summed E-state index contributed by atoms with van der Waals surface area (Å²) in [5, 5.41) is 0. The van der Waals surface area contributed by atoms with Crippen molar-refractivity contribution in [2.75, 3.05) is 6.61 Å². The molecule has 3 heteroatoms. The predicted molar refractivity (Wildman–Crippen MR) is 105 cm³/mol. The highest BCUT2D eigenvalue weighted by Crippen LogP contribution is 2.48. The van der Waals surface area contributed by atoms with Crippen molar-refractivity contribution >= 4 is 28.7 Å². The van der Waals surface area contributed by atoms with Crippen LogP contribution in [-0.2, 0) is 16.1 Å². The Morgan fingerprint density at radius 1 is 1.22 bits per heavy atom. The third-order valence-corrected chi connectivity index (χ3v) is 5.03. The van der Waals surface area contributed by atoms with Crippen LogP contribution in [0, 0.1) is 10.8 Å². The zero-order valence-electron chi connectivity index (χ0n) is 15.0. The Morgan fingerprint density at radius 3 is 2.39 bits per heavy atom. The van der Waals surface area contributed by atoms with Gasteiger partial charge in [-0.25, -0.2) is 0 Å². The minimum Gasteiger partial charge on any atom is -0.349 e. The lowest BCUT2D eigenvalue weighted by Gasteiger charge is -2.51. The van der Waals surface area contributed by atoms with E-state index in [1.165, 1.54) is 11.1 Å². The summed E-state index contributed by atoms with van der Waals surface area (Å²) in [5.41, 5.74) is 2.59. The van der Waals surface area contributed by atoms with Gasteiger partial charge in [-0.1, -0.05) is 81.5 Å². The van der Waals surface area contributed by atoms with Gasteiger partial charge in [-0.15, -0.1) is 0 Å². The number of hydrogen-bond acceptors (Lipinski definition) is 2. The Labute approximate surface area is 154 Å². The molecule has 128 valence electrons. The van der Waals surface area contributed by atoms with Crippen molar-refractivity contribution in [3.8, 4) is 0 Å². The highest BCUT2D eigenvalue weighted by molar-refractivity contribution is 14.1. The number of hydrogen-bond donors (Lipinski definition) is 0. The smallest absolute Gasteiger partial charge is 0.173 e. The molecule has 2 rings (SSSR count). The maximum Gasteiger partial charge on any atom is 0.173 e. The molecule has 1 unspecified atom stereocenters. The molecule has 2 nitrogen and oxygen atoms in total. The summed E-state index contributed by atoms with van der Waals surface area (Å²) in [4.78, 5) is 0. The second-order valence-corrected chi connectivity index (χ2v) is 8.98. The van der Waals surface area contributed by atoms with Gasteiger partial charge in [-0.2, -0.15) is 0 Å². The molecule has 1 heterocycles. The molecule has 1 aromatic rings. The minimum absolute atomic E-state index is 0.0609. The topological polar surface area (TPSA) is 18.5 Å². The predicted octanol–water partition coefficient (Wildman–Crippen LogP) is 6.19. The van der Waals surface area contributed by atoms with Crippen LogP contribution in [0.15, 0.2) is 28.3 Å². The van der Waals surface area contributed by atoms with Crippen molar-refractivity contribution in [2.45, 2.75) is 59.9 Å². The van der Waals surface area contributed by atoms with E-state index in [2.05, 4.69) is 87.6 Å². The van der Waals surface area contributed by atoms with Crippen LogP contribution in [0.2, 0.25) is 0 Å². The van der Waals surface area contributed by atoms with Crippen LogP contribution in [0.5, 0.6) is 0 Å². The fraction of sp³-hybridized carbons (Fsp3) is 0.600.